The minimum atomic E-state index is -0.226. The number of rotatable bonds is 5. The van der Waals surface area contributed by atoms with Crippen molar-refractivity contribution in [2.24, 2.45) is 23.2 Å². The molecular formula is C21H36N3O3+. The van der Waals surface area contributed by atoms with E-state index in [9.17, 15) is 9.59 Å². The first-order chi connectivity index (χ1) is 13.0. The van der Waals surface area contributed by atoms with Crippen molar-refractivity contribution in [3.8, 4) is 0 Å². The second-order valence-corrected chi connectivity index (χ2v) is 9.68. The van der Waals surface area contributed by atoms with E-state index in [0.717, 1.165) is 30.8 Å². The van der Waals surface area contributed by atoms with Gasteiger partial charge in [0.15, 0.2) is 6.54 Å². The summed E-state index contributed by atoms with van der Waals surface area (Å²) in [5.41, 5.74) is 0.363. The average Bonchev–Trinajstić information content (AvgIpc) is 2.61. The van der Waals surface area contributed by atoms with Crippen LogP contribution < -0.4 is 10.2 Å². The van der Waals surface area contributed by atoms with E-state index < -0.39 is 0 Å². The van der Waals surface area contributed by atoms with Gasteiger partial charge >= 0.3 is 6.09 Å². The summed E-state index contributed by atoms with van der Waals surface area (Å²) in [6.07, 6.45) is 8.07. The van der Waals surface area contributed by atoms with E-state index in [1.807, 2.05) is 6.92 Å². The molecule has 1 saturated heterocycles. The minimum absolute atomic E-state index is 0.179. The van der Waals surface area contributed by atoms with E-state index in [-0.39, 0.29) is 12.0 Å². The van der Waals surface area contributed by atoms with Crippen molar-refractivity contribution in [3.05, 3.63) is 0 Å². The first-order valence-corrected chi connectivity index (χ1v) is 11.0. The van der Waals surface area contributed by atoms with Crippen LogP contribution in [0.4, 0.5) is 4.79 Å². The van der Waals surface area contributed by atoms with Crippen LogP contribution in [-0.2, 0) is 9.53 Å². The van der Waals surface area contributed by atoms with Crippen LogP contribution in [0.2, 0.25) is 0 Å². The molecule has 2 amide bonds. The lowest BCUT2D eigenvalue weighted by atomic mass is 9.48. The van der Waals surface area contributed by atoms with Crippen LogP contribution in [0.25, 0.3) is 0 Å². The fourth-order valence-electron chi connectivity index (χ4n) is 6.78. The largest absolute Gasteiger partial charge is 0.450 e. The lowest BCUT2D eigenvalue weighted by Crippen LogP contribution is -3.16. The first kappa shape index (κ1) is 19.0. The molecule has 4 saturated carbocycles. The molecule has 152 valence electrons. The van der Waals surface area contributed by atoms with Gasteiger partial charge in [0.1, 0.15) is 0 Å². The molecule has 0 unspecified atom stereocenters. The summed E-state index contributed by atoms with van der Waals surface area (Å²) < 4.78 is 5.07. The Balaban J connectivity index is 1.25. The zero-order chi connectivity index (χ0) is 19.0. The molecule has 6 nitrogen and oxygen atoms in total. The maximum atomic E-state index is 12.7. The van der Waals surface area contributed by atoms with Gasteiger partial charge in [0.05, 0.1) is 32.8 Å². The number of nitrogens with zero attached hydrogens (tertiary/aromatic N) is 1. The third kappa shape index (κ3) is 3.96. The van der Waals surface area contributed by atoms with Crippen molar-refractivity contribution in [1.82, 2.24) is 10.2 Å². The number of ether oxygens (including phenoxy) is 1. The maximum Gasteiger partial charge on any atom is 0.410 e. The fraction of sp³-hybridized carbons (Fsp3) is 0.905. The molecule has 1 atom stereocenters. The van der Waals surface area contributed by atoms with Crippen molar-refractivity contribution in [2.75, 3.05) is 39.3 Å². The van der Waals surface area contributed by atoms with Gasteiger partial charge in [-0.15, -0.1) is 0 Å². The minimum Gasteiger partial charge on any atom is -0.450 e. The summed E-state index contributed by atoms with van der Waals surface area (Å²) in [4.78, 5) is 27.5. The molecule has 2 N–H and O–H groups in total. The van der Waals surface area contributed by atoms with Gasteiger partial charge in [-0.25, -0.2) is 4.79 Å². The third-order valence-electron chi connectivity index (χ3n) is 7.79. The van der Waals surface area contributed by atoms with Gasteiger partial charge in [-0.05, 0) is 75.5 Å². The van der Waals surface area contributed by atoms with Gasteiger partial charge in [0.25, 0.3) is 5.91 Å². The van der Waals surface area contributed by atoms with Crippen molar-refractivity contribution in [3.63, 3.8) is 0 Å². The van der Waals surface area contributed by atoms with Crippen LogP contribution in [0.5, 0.6) is 0 Å². The van der Waals surface area contributed by atoms with E-state index in [1.54, 1.807) is 4.90 Å². The molecule has 0 radical (unpaired) electrons. The van der Waals surface area contributed by atoms with Gasteiger partial charge in [-0.1, -0.05) is 0 Å². The van der Waals surface area contributed by atoms with E-state index in [4.69, 9.17) is 4.74 Å². The number of hydrogen-bond acceptors (Lipinski definition) is 3. The van der Waals surface area contributed by atoms with Gasteiger partial charge in [-0.3, -0.25) is 9.69 Å². The lowest BCUT2D eigenvalue weighted by molar-refractivity contribution is -0.896. The number of nitrogens with one attached hydrogen (secondary N) is 2. The Hall–Kier alpha value is -1.30. The molecule has 0 aromatic heterocycles. The summed E-state index contributed by atoms with van der Waals surface area (Å²) >= 11 is 0. The van der Waals surface area contributed by atoms with Crippen LogP contribution >= 0.6 is 0 Å². The quantitative estimate of drug-likeness (QED) is 0.752. The SMILES string of the molecule is CCOC(=O)N1CC[NH+](CC(=O)N[C@@H](C)C23CC4CC(CC(C4)C2)C3)CC1. The number of hydrogen-bond donors (Lipinski definition) is 2. The average molecular weight is 379 g/mol. The van der Waals surface area contributed by atoms with Crippen LogP contribution in [0.3, 0.4) is 0 Å². The van der Waals surface area contributed by atoms with Gasteiger partial charge < -0.3 is 15.0 Å². The second kappa shape index (κ2) is 7.61. The predicted molar refractivity (Wildman–Crippen MR) is 102 cm³/mol. The van der Waals surface area contributed by atoms with Gasteiger partial charge in [0, 0.05) is 6.04 Å². The lowest BCUT2D eigenvalue weighted by Gasteiger charge is -2.59. The Bertz CT molecular complexity index is 536. The number of amides is 2. The number of carbonyl (C=O) groups excluding carboxylic acids is 2. The number of quaternary nitrogens is 1. The van der Waals surface area contributed by atoms with Crippen molar-refractivity contribution < 1.29 is 19.2 Å². The summed E-state index contributed by atoms with van der Waals surface area (Å²) in [6, 6.07) is 0.290. The fourth-order valence-corrected chi connectivity index (χ4v) is 6.78. The zero-order valence-corrected chi connectivity index (χ0v) is 17.0. The molecule has 5 rings (SSSR count). The Kier molecular flexibility index (Phi) is 5.36. The summed E-state index contributed by atoms with van der Waals surface area (Å²) in [5, 5.41) is 3.37. The molecular weight excluding hydrogens is 342 g/mol. The molecule has 6 heteroatoms. The molecule has 1 heterocycles. The van der Waals surface area contributed by atoms with Gasteiger partial charge in [-0.2, -0.15) is 0 Å². The number of carbonyl (C=O) groups is 2. The Morgan fingerprint density at radius 1 is 1.11 bits per heavy atom. The molecule has 4 aliphatic carbocycles. The summed E-state index contributed by atoms with van der Waals surface area (Å²) in [7, 11) is 0. The summed E-state index contributed by atoms with van der Waals surface area (Å²) in [6.45, 7) is 7.99. The van der Waals surface area contributed by atoms with Crippen LogP contribution in [0.15, 0.2) is 0 Å². The van der Waals surface area contributed by atoms with Gasteiger partial charge in [0.2, 0.25) is 0 Å². The third-order valence-corrected chi connectivity index (χ3v) is 7.79. The Morgan fingerprint density at radius 3 is 2.19 bits per heavy atom. The second-order valence-electron chi connectivity index (χ2n) is 9.68. The Morgan fingerprint density at radius 2 is 1.67 bits per heavy atom. The predicted octanol–water partition coefficient (Wildman–Crippen LogP) is 1.06. The normalized spacial score (nSPS) is 36.5. The molecule has 0 aromatic carbocycles. The van der Waals surface area contributed by atoms with E-state index in [0.29, 0.717) is 37.7 Å². The zero-order valence-electron chi connectivity index (χ0n) is 17.0. The molecule has 1 aliphatic heterocycles. The van der Waals surface area contributed by atoms with Crippen LogP contribution in [0, 0.1) is 23.2 Å². The highest BCUT2D eigenvalue weighted by Crippen LogP contribution is 2.61. The Labute approximate surface area is 163 Å². The van der Waals surface area contributed by atoms with Crippen LogP contribution in [-0.4, -0.2) is 62.3 Å². The first-order valence-electron chi connectivity index (χ1n) is 11.0. The standard InChI is InChI=1S/C21H35N3O3/c1-3-27-20(26)24-6-4-23(5-7-24)14-19(25)22-15(2)21-11-16-8-17(12-21)10-18(9-16)13-21/h15-18H,3-14H2,1-2H3,(H,22,25)/p+1/t15-,16?,17?,18?,21?/m0/s1. The smallest absolute Gasteiger partial charge is 0.410 e. The van der Waals surface area contributed by atoms with Crippen molar-refractivity contribution in [2.45, 2.75) is 58.4 Å². The van der Waals surface area contributed by atoms with Crippen molar-refractivity contribution in [1.29, 1.82) is 0 Å². The maximum absolute atomic E-state index is 12.7. The molecule has 5 aliphatic rings. The molecule has 5 fully saturated rings. The highest BCUT2D eigenvalue weighted by atomic mass is 16.6. The molecule has 27 heavy (non-hydrogen) atoms. The monoisotopic (exact) mass is 378 g/mol. The topological polar surface area (TPSA) is 63.1 Å². The molecule has 0 aromatic rings. The van der Waals surface area contributed by atoms with Crippen molar-refractivity contribution >= 4 is 12.0 Å². The van der Waals surface area contributed by atoms with E-state index in [1.165, 1.54) is 43.4 Å². The highest BCUT2D eigenvalue weighted by molar-refractivity contribution is 5.77. The molecule has 4 bridgehead atoms. The summed E-state index contributed by atoms with van der Waals surface area (Å²) in [5.74, 6) is 2.92. The van der Waals surface area contributed by atoms with E-state index >= 15 is 0 Å². The molecule has 0 spiro atoms. The number of piperazine rings is 1. The van der Waals surface area contributed by atoms with E-state index in [2.05, 4.69) is 12.2 Å². The highest BCUT2D eigenvalue weighted by Gasteiger charge is 2.53. The van der Waals surface area contributed by atoms with Crippen LogP contribution in [0.1, 0.15) is 52.4 Å².